The Bertz CT molecular complexity index is 952. The molecule has 3 aromatic rings. The van der Waals surface area contributed by atoms with Gasteiger partial charge in [0.25, 0.3) is 0 Å². The Morgan fingerprint density at radius 1 is 1.00 bits per heavy atom. The summed E-state index contributed by atoms with van der Waals surface area (Å²) < 4.78 is 21.5. The summed E-state index contributed by atoms with van der Waals surface area (Å²) in [6, 6.07) is 13.2. The van der Waals surface area contributed by atoms with Crippen molar-refractivity contribution < 1.29 is 18.9 Å². The van der Waals surface area contributed by atoms with Crippen LogP contribution in [0.2, 0.25) is 0 Å². The first kappa shape index (κ1) is 18.6. The number of aromatic nitrogens is 3. The van der Waals surface area contributed by atoms with Crippen molar-refractivity contribution in [2.45, 2.75) is 6.54 Å². The Hall–Kier alpha value is -3.75. The summed E-state index contributed by atoms with van der Waals surface area (Å²) in [5.74, 6) is 4.13. The lowest BCUT2D eigenvalue weighted by Gasteiger charge is -2.09. The van der Waals surface area contributed by atoms with Crippen LogP contribution in [0.25, 0.3) is 0 Å². The number of anilines is 2. The van der Waals surface area contributed by atoms with Crippen molar-refractivity contribution in [2.75, 3.05) is 37.7 Å². The number of nitrogens with one attached hydrogen (secondary N) is 2. The van der Waals surface area contributed by atoms with Gasteiger partial charge in [-0.1, -0.05) is 6.07 Å². The van der Waals surface area contributed by atoms with E-state index < -0.39 is 0 Å². The number of rotatable bonds is 9. The second kappa shape index (κ2) is 8.96. The number of fused-ring (bicyclic) bond motifs is 1. The highest BCUT2D eigenvalue weighted by atomic mass is 16.7. The molecule has 0 atom stereocenters. The minimum Gasteiger partial charge on any atom is -0.497 e. The fourth-order valence-corrected chi connectivity index (χ4v) is 2.72. The van der Waals surface area contributed by atoms with Crippen LogP contribution in [0.1, 0.15) is 5.56 Å². The monoisotopic (exact) mass is 395 g/mol. The number of nitrogens with zero attached hydrogens (tertiary/aromatic N) is 3. The number of methoxy groups -OCH3 is 1. The highest BCUT2D eigenvalue weighted by molar-refractivity contribution is 5.45. The molecule has 0 radical (unpaired) electrons. The zero-order valence-corrected chi connectivity index (χ0v) is 15.9. The second-order valence-electron chi connectivity index (χ2n) is 6.16. The van der Waals surface area contributed by atoms with E-state index in [2.05, 4.69) is 25.8 Å². The third-order valence-corrected chi connectivity index (χ3v) is 4.18. The first-order valence-corrected chi connectivity index (χ1v) is 9.13. The van der Waals surface area contributed by atoms with Crippen molar-refractivity contribution in [3.8, 4) is 23.0 Å². The van der Waals surface area contributed by atoms with Gasteiger partial charge >= 0.3 is 0 Å². The largest absolute Gasteiger partial charge is 0.497 e. The summed E-state index contributed by atoms with van der Waals surface area (Å²) in [7, 11) is 1.63. The Morgan fingerprint density at radius 3 is 2.69 bits per heavy atom. The highest BCUT2D eigenvalue weighted by Crippen LogP contribution is 2.32. The standard InChI is InChI=1S/C20H21N5O4/c1-26-15-3-5-16(6-4-15)27-9-8-21-19-12-23-25-20(24-19)22-11-14-2-7-17-18(10-14)29-13-28-17/h2-7,10,12H,8-9,11,13H2,1H3,(H2,21,22,24,25). The molecule has 0 spiro atoms. The lowest BCUT2D eigenvalue weighted by Crippen LogP contribution is -2.14. The van der Waals surface area contributed by atoms with Gasteiger partial charge in [-0.3, -0.25) is 0 Å². The van der Waals surface area contributed by atoms with Crippen LogP contribution in [-0.4, -0.2) is 42.2 Å². The minimum atomic E-state index is 0.259. The molecule has 2 heterocycles. The molecule has 0 aliphatic carbocycles. The number of hydrogen-bond acceptors (Lipinski definition) is 9. The molecule has 0 fully saturated rings. The van der Waals surface area contributed by atoms with Crippen LogP contribution in [0.5, 0.6) is 23.0 Å². The van der Waals surface area contributed by atoms with Gasteiger partial charge in [-0.25, -0.2) is 0 Å². The van der Waals surface area contributed by atoms with Crippen molar-refractivity contribution in [1.82, 2.24) is 15.2 Å². The molecule has 9 nitrogen and oxygen atoms in total. The molecule has 0 bridgehead atoms. The van der Waals surface area contributed by atoms with E-state index in [1.165, 1.54) is 0 Å². The molecular formula is C20H21N5O4. The summed E-state index contributed by atoms with van der Waals surface area (Å²) in [6.07, 6.45) is 1.57. The molecule has 4 rings (SSSR count). The summed E-state index contributed by atoms with van der Waals surface area (Å²) in [6.45, 7) is 1.86. The van der Waals surface area contributed by atoms with Gasteiger partial charge in [0.05, 0.1) is 19.9 Å². The molecule has 0 saturated carbocycles. The molecular weight excluding hydrogens is 374 g/mol. The molecule has 9 heteroatoms. The van der Waals surface area contributed by atoms with Crippen molar-refractivity contribution in [2.24, 2.45) is 0 Å². The number of benzene rings is 2. The fourth-order valence-electron chi connectivity index (χ4n) is 2.72. The van der Waals surface area contributed by atoms with E-state index >= 15 is 0 Å². The maximum atomic E-state index is 5.68. The Labute approximate surface area is 168 Å². The minimum absolute atomic E-state index is 0.259. The summed E-state index contributed by atoms with van der Waals surface area (Å²) in [5.41, 5.74) is 1.03. The molecule has 150 valence electrons. The van der Waals surface area contributed by atoms with Crippen LogP contribution in [0.3, 0.4) is 0 Å². The molecule has 1 aliphatic rings. The summed E-state index contributed by atoms with van der Waals surface area (Å²) in [5, 5.41) is 14.3. The van der Waals surface area contributed by atoms with E-state index in [0.29, 0.717) is 31.5 Å². The van der Waals surface area contributed by atoms with Crippen molar-refractivity contribution in [1.29, 1.82) is 0 Å². The van der Waals surface area contributed by atoms with E-state index in [1.807, 2.05) is 42.5 Å². The lowest BCUT2D eigenvalue weighted by molar-refractivity contribution is 0.174. The third kappa shape index (κ3) is 4.95. The van der Waals surface area contributed by atoms with Crippen LogP contribution < -0.4 is 29.6 Å². The van der Waals surface area contributed by atoms with Gasteiger partial charge in [-0.05, 0) is 42.0 Å². The van der Waals surface area contributed by atoms with E-state index in [-0.39, 0.29) is 6.79 Å². The van der Waals surface area contributed by atoms with Crippen molar-refractivity contribution in [3.05, 3.63) is 54.2 Å². The normalized spacial score (nSPS) is 11.8. The van der Waals surface area contributed by atoms with Crippen LogP contribution in [0.15, 0.2) is 48.7 Å². The van der Waals surface area contributed by atoms with Crippen molar-refractivity contribution >= 4 is 11.8 Å². The highest BCUT2D eigenvalue weighted by Gasteiger charge is 2.13. The summed E-state index contributed by atoms with van der Waals surface area (Å²) in [4.78, 5) is 4.40. The molecule has 1 aromatic heterocycles. The average Bonchev–Trinajstić information content (AvgIpc) is 3.24. The SMILES string of the molecule is COc1ccc(OCCNc2cnnc(NCc3ccc4c(c3)OCO4)n2)cc1. The molecule has 2 aromatic carbocycles. The smallest absolute Gasteiger partial charge is 0.244 e. The van der Waals surface area contributed by atoms with Gasteiger partial charge in [0.2, 0.25) is 12.7 Å². The Morgan fingerprint density at radius 2 is 1.83 bits per heavy atom. The van der Waals surface area contributed by atoms with Gasteiger partial charge in [0.1, 0.15) is 18.1 Å². The van der Waals surface area contributed by atoms with Crippen LogP contribution in [0.4, 0.5) is 11.8 Å². The summed E-state index contributed by atoms with van der Waals surface area (Å²) >= 11 is 0. The van der Waals surface area contributed by atoms with E-state index in [0.717, 1.165) is 28.6 Å². The second-order valence-corrected chi connectivity index (χ2v) is 6.16. The topological polar surface area (TPSA) is 99.7 Å². The quantitative estimate of drug-likeness (QED) is 0.530. The fraction of sp³-hybridized carbons (Fsp3) is 0.250. The van der Waals surface area contributed by atoms with Gasteiger partial charge in [0, 0.05) is 6.54 Å². The predicted octanol–water partition coefficient (Wildman–Crippen LogP) is 2.71. The Kier molecular flexibility index (Phi) is 5.75. The molecule has 0 unspecified atom stereocenters. The van der Waals surface area contributed by atoms with Gasteiger partial charge in [0.15, 0.2) is 17.3 Å². The Balaban J connectivity index is 1.24. The maximum Gasteiger partial charge on any atom is 0.244 e. The van der Waals surface area contributed by atoms with Gasteiger partial charge in [-0.15, -0.1) is 5.10 Å². The zero-order chi connectivity index (χ0) is 19.9. The van der Waals surface area contributed by atoms with E-state index in [1.54, 1.807) is 13.3 Å². The number of ether oxygens (including phenoxy) is 4. The van der Waals surface area contributed by atoms with Crippen LogP contribution in [-0.2, 0) is 6.54 Å². The van der Waals surface area contributed by atoms with E-state index in [4.69, 9.17) is 18.9 Å². The molecule has 29 heavy (non-hydrogen) atoms. The first-order chi connectivity index (χ1) is 14.3. The molecule has 0 saturated heterocycles. The van der Waals surface area contributed by atoms with Crippen LogP contribution >= 0.6 is 0 Å². The van der Waals surface area contributed by atoms with Crippen LogP contribution in [0, 0.1) is 0 Å². The lowest BCUT2D eigenvalue weighted by atomic mass is 10.2. The zero-order valence-electron chi connectivity index (χ0n) is 15.9. The molecule has 1 aliphatic heterocycles. The van der Waals surface area contributed by atoms with Gasteiger partial charge < -0.3 is 29.6 Å². The number of hydrogen-bond donors (Lipinski definition) is 2. The molecule has 0 amide bonds. The van der Waals surface area contributed by atoms with Gasteiger partial charge in [-0.2, -0.15) is 10.1 Å². The average molecular weight is 395 g/mol. The van der Waals surface area contributed by atoms with Crippen molar-refractivity contribution in [3.63, 3.8) is 0 Å². The maximum absolute atomic E-state index is 5.68. The first-order valence-electron chi connectivity index (χ1n) is 9.13. The molecule has 2 N–H and O–H groups in total. The van der Waals surface area contributed by atoms with E-state index in [9.17, 15) is 0 Å². The third-order valence-electron chi connectivity index (χ3n) is 4.18. The predicted molar refractivity (Wildman–Crippen MR) is 107 cm³/mol.